The van der Waals surface area contributed by atoms with E-state index in [4.69, 9.17) is 5.73 Å². The van der Waals surface area contributed by atoms with Gasteiger partial charge in [0.15, 0.2) is 11.5 Å². The topological polar surface area (TPSA) is 56.2 Å². The molecule has 0 aliphatic heterocycles. The summed E-state index contributed by atoms with van der Waals surface area (Å²) in [7, 11) is 0. The van der Waals surface area contributed by atoms with E-state index in [9.17, 15) is 0 Å². The van der Waals surface area contributed by atoms with E-state index in [1.54, 1.807) is 4.52 Å². The molecule has 2 rings (SSSR count). The Balaban J connectivity index is 2.44. The summed E-state index contributed by atoms with van der Waals surface area (Å²) >= 11 is 0. The van der Waals surface area contributed by atoms with E-state index in [-0.39, 0.29) is 5.54 Å². The maximum Gasteiger partial charge on any atom is 0.158 e. The van der Waals surface area contributed by atoms with E-state index < -0.39 is 0 Å². The minimum Gasteiger partial charge on any atom is -0.325 e. The Labute approximate surface area is 89.1 Å². The summed E-state index contributed by atoms with van der Waals surface area (Å²) in [5.74, 6) is 0.803. The molecule has 4 heteroatoms. The van der Waals surface area contributed by atoms with Crippen LogP contribution in [0, 0.1) is 6.92 Å². The molecule has 0 fully saturated rings. The van der Waals surface area contributed by atoms with E-state index in [0.29, 0.717) is 6.42 Å². The number of pyridine rings is 1. The minimum absolute atomic E-state index is 0.265. The molecule has 0 amide bonds. The zero-order valence-corrected chi connectivity index (χ0v) is 9.36. The summed E-state index contributed by atoms with van der Waals surface area (Å²) in [6.07, 6.45) is 2.59. The number of hydrogen-bond acceptors (Lipinski definition) is 3. The van der Waals surface area contributed by atoms with E-state index in [0.717, 1.165) is 17.0 Å². The fourth-order valence-electron chi connectivity index (χ4n) is 1.57. The highest BCUT2D eigenvalue weighted by molar-refractivity contribution is 5.45. The summed E-state index contributed by atoms with van der Waals surface area (Å²) in [6.45, 7) is 5.98. The fourth-order valence-corrected chi connectivity index (χ4v) is 1.57. The van der Waals surface area contributed by atoms with Crippen LogP contribution in [-0.2, 0) is 6.42 Å². The van der Waals surface area contributed by atoms with Crippen molar-refractivity contribution in [3.63, 3.8) is 0 Å². The third kappa shape index (κ3) is 2.15. The molecule has 0 radical (unpaired) electrons. The van der Waals surface area contributed by atoms with Gasteiger partial charge in [0.25, 0.3) is 0 Å². The van der Waals surface area contributed by atoms with Crippen molar-refractivity contribution in [2.45, 2.75) is 32.7 Å². The molecule has 15 heavy (non-hydrogen) atoms. The van der Waals surface area contributed by atoms with Crippen molar-refractivity contribution in [1.82, 2.24) is 14.6 Å². The van der Waals surface area contributed by atoms with Crippen molar-refractivity contribution < 1.29 is 0 Å². The van der Waals surface area contributed by atoms with Gasteiger partial charge in [0.05, 0.1) is 0 Å². The highest BCUT2D eigenvalue weighted by Crippen LogP contribution is 2.10. The van der Waals surface area contributed by atoms with Gasteiger partial charge in [0.2, 0.25) is 0 Å². The number of nitrogens with two attached hydrogens (primary N) is 1. The number of aromatic nitrogens is 3. The Kier molecular flexibility index (Phi) is 2.23. The molecule has 2 aromatic rings. The SMILES string of the molecule is Cc1cccn2nc(CC(C)(C)N)nc12. The second kappa shape index (κ2) is 3.31. The van der Waals surface area contributed by atoms with Gasteiger partial charge < -0.3 is 5.73 Å². The lowest BCUT2D eigenvalue weighted by Gasteiger charge is -2.14. The van der Waals surface area contributed by atoms with Crippen LogP contribution in [-0.4, -0.2) is 20.1 Å². The molecule has 0 saturated carbocycles. The first-order valence-corrected chi connectivity index (χ1v) is 5.05. The largest absolute Gasteiger partial charge is 0.325 e. The first-order valence-electron chi connectivity index (χ1n) is 5.05. The molecule has 0 aliphatic rings. The number of nitrogens with zero attached hydrogens (tertiary/aromatic N) is 3. The lowest BCUT2D eigenvalue weighted by Crippen LogP contribution is -2.34. The molecule has 0 bridgehead atoms. The Morgan fingerprint density at radius 1 is 1.47 bits per heavy atom. The zero-order valence-electron chi connectivity index (χ0n) is 9.36. The lowest BCUT2D eigenvalue weighted by molar-refractivity contribution is 0.502. The third-order valence-corrected chi connectivity index (χ3v) is 2.22. The Bertz CT molecular complexity index is 479. The molecular weight excluding hydrogens is 188 g/mol. The van der Waals surface area contributed by atoms with Gasteiger partial charge in [-0.05, 0) is 32.4 Å². The predicted octanol–water partition coefficient (Wildman–Crippen LogP) is 1.32. The van der Waals surface area contributed by atoms with Crippen molar-refractivity contribution in [2.75, 3.05) is 0 Å². The summed E-state index contributed by atoms with van der Waals surface area (Å²) in [5, 5.41) is 4.38. The van der Waals surface area contributed by atoms with Crippen LogP contribution in [0.5, 0.6) is 0 Å². The third-order valence-electron chi connectivity index (χ3n) is 2.22. The van der Waals surface area contributed by atoms with Crippen molar-refractivity contribution >= 4 is 5.65 Å². The predicted molar refractivity (Wildman–Crippen MR) is 59.7 cm³/mol. The monoisotopic (exact) mass is 204 g/mol. The molecule has 2 aromatic heterocycles. The molecule has 0 unspecified atom stereocenters. The van der Waals surface area contributed by atoms with E-state index in [1.165, 1.54) is 0 Å². The van der Waals surface area contributed by atoms with Crippen LogP contribution < -0.4 is 5.73 Å². The molecule has 0 aliphatic carbocycles. The number of hydrogen-bond donors (Lipinski definition) is 1. The van der Waals surface area contributed by atoms with Gasteiger partial charge >= 0.3 is 0 Å². The molecular formula is C11H16N4. The number of fused-ring (bicyclic) bond motifs is 1. The Morgan fingerprint density at radius 2 is 2.20 bits per heavy atom. The zero-order chi connectivity index (χ0) is 11.1. The molecule has 0 saturated heterocycles. The van der Waals surface area contributed by atoms with E-state index in [1.807, 2.05) is 39.1 Å². The smallest absolute Gasteiger partial charge is 0.158 e. The maximum atomic E-state index is 5.94. The molecule has 4 nitrogen and oxygen atoms in total. The first kappa shape index (κ1) is 10.1. The van der Waals surface area contributed by atoms with Crippen LogP contribution in [0.25, 0.3) is 5.65 Å². The molecule has 0 atom stereocenters. The highest BCUT2D eigenvalue weighted by Gasteiger charge is 2.15. The van der Waals surface area contributed by atoms with Crippen LogP contribution in [0.3, 0.4) is 0 Å². The number of aryl methyl sites for hydroxylation is 1. The minimum atomic E-state index is -0.265. The fraction of sp³-hybridized carbons (Fsp3) is 0.455. The van der Waals surface area contributed by atoms with Gasteiger partial charge in [-0.1, -0.05) is 6.07 Å². The summed E-state index contributed by atoms with van der Waals surface area (Å²) < 4.78 is 1.80. The maximum absolute atomic E-state index is 5.94. The van der Waals surface area contributed by atoms with E-state index in [2.05, 4.69) is 10.1 Å². The molecule has 0 aromatic carbocycles. The normalized spacial score (nSPS) is 12.3. The van der Waals surface area contributed by atoms with Crippen molar-refractivity contribution in [1.29, 1.82) is 0 Å². The quantitative estimate of drug-likeness (QED) is 0.802. The van der Waals surface area contributed by atoms with Crippen LogP contribution in [0.15, 0.2) is 18.3 Å². The van der Waals surface area contributed by atoms with Crippen molar-refractivity contribution in [3.05, 3.63) is 29.7 Å². The van der Waals surface area contributed by atoms with Crippen LogP contribution in [0.2, 0.25) is 0 Å². The van der Waals surface area contributed by atoms with E-state index >= 15 is 0 Å². The van der Waals surface area contributed by atoms with Crippen molar-refractivity contribution in [3.8, 4) is 0 Å². The number of rotatable bonds is 2. The standard InChI is InChI=1S/C11H16N4/c1-8-5-4-6-15-10(8)13-9(14-15)7-11(2,3)12/h4-6H,7,12H2,1-3H3. The van der Waals surface area contributed by atoms with Gasteiger partial charge in [0, 0.05) is 18.2 Å². The molecule has 2 N–H and O–H groups in total. The van der Waals surface area contributed by atoms with Gasteiger partial charge in [0.1, 0.15) is 0 Å². The second-order valence-corrected chi connectivity index (χ2v) is 4.65. The van der Waals surface area contributed by atoms with Crippen LogP contribution in [0.4, 0.5) is 0 Å². The second-order valence-electron chi connectivity index (χ2n) is 4.65. The summed E-state index contributed by atoms with van der Waals surface area (Å²) in [6, 6.07) is 4.00. The summed E-state index contributed by atoms with van der Waals surface area (Å²) in [5.41, 5.74) is 7.72. The van der Waals surface area contributed by atoms with Crippen LogP contribution >= 0.6 is 0 Å². The van der Waals surface area contributed by atoms with Gasteiger partial charge in [-0.25, -0.2) is 9.50 Å². The highest BCUT2D eigenvalue weighted by atomic mass is 15.3. The summed E-state index contributed by atoms with van der Waals surface area (Å²) in [4.78, 5) is 4.47. The molecule has 0 spiro atoms. The van der Waals surface area contributed by atoms with Gasteiger partial charge in [-0.15, -0.1) is 0 Å². The lowest BCUT2D eigenvalue weighted by atomic mass is 10.0. The van der Waals surface area contributed by atoms with Crippen LogP contribution in [0.1, 0.15) is 25.2 Å². The first-order chi connectivity index (χ1) is 6.96. The molecule has 80 valence electrons. The average molecular weight is 204 g/mol. The molecule has 2 heterocycles. The van der Waals surface area contributed by atoms with Crippen molar-refractivity contribution in [2.24, 2.45) is 5.73 Å². The average Bonchev–Trinajstić information content (AvgIpc) is 2.45. The Morgan fingerprint density at radius 3 is 2.80 bits per heavy atom. The van der Waals surface area contributed by atoms with Gasteiger partial charge in [-0.3, -0.25) is 0 Å². The Hall–Kier alpha value is -1.42. The van der Waals surface area contributed by atoms with Gasteiger partial charge in [-0.2, -0.15) is 5.10 Å².